The van der Waals surface area contributed by atoms with Crippen molar-refractivity contribution in [2.75, 3.05) is 0 Å². The third-order valence-corrected chi connectivity index (χ3v) is 0.882. The molecule has 0 aliphatic heterocycles. The number of phenolic OH excluding ortho intramolecular Hbond substituents is 2. The van der Waals surface area contributed by atoms with Crippen LogP contribution in [0, 0.1) is 0 Å². The van der Waals surface area contributed by atoms with Crippen LogP contribution in [0.5, 0.6) is 11.5 Å². The van der Waals surface area contributed by atoms with Crippen molar-refractivity contribution in [1.82, 2.24) is 0 Å². The van der Waals surface area contributed by atoms with Crippen LogP contribution in [-0.4, -0.2) is 37.5 Å². The molecule has 0 amide bonds. The Morgan fingerprint density at radius 3 is 1.44 bits per heavy atom. The molecule has 4 radical (unpaired) electrons. The maximum Gasteiger partial charge on any atom is 0.157 e. The summed E-state index contributed by atoms with van der Waals surface area (Å²) in [7, 11) is 0. The molecule has 1 rings (SSSR count). The van der Waals surface area contributed by atoms with Gasteiger partial charge in [0, 0.05) is 27.3 Å². The Hall–Kier alpha value is -0.258. The van der Waals surface area contributed by atoms with Crippen LogP contribution >= 0.6 is 0 Å². The van der Waals surface area contributed by atoms with Crippen molar-refractivity contribution in [2.24, 2.45) is 0 Å². The number of hydrogen-bond acceptors (Lipinski definition) is 2. The second-order valence-electron chi connectivity index (χ2n) is 1.49. The first kappa shape index (κ1) is 8.74. The predicted molar refractivity (Wildman–Crippen MR) is 35.5 cm³/mol. The van der Waals surface area contributed by atoms with Crippen molar-refractivity contribution in [3.63, 3.8) is 0 Å². The van der Waals surface area contributed by atoms with Gasteiger partial charge in [-0.2, -0.15) is 0 Å². The summed E-state index contributed by atoms with van der Waals surface area (Å²) in [4.78, 5) is 0. The van der Waals surface area contributed by atoms with Gasteiger partial charge in [0.25, 0.3) is 0 Å². The molecule has 0 aromatic heterocycles. The topological polar surface area (TPSA) is 40.5 Å². The van der Waals surface area contributed by atoms with Crippen molar-refractivity contribution >= 4 is 27.3 Å². The van der Waals surface area contributed by atoms with Crippen LogP contribution in [0.4, 0.5) is 0 Å². The summed E-state index contributed by atoms with van der Waals surface area (Å²) in [5.74, 6) is -0.153. The van der Waals surface area contributed by atoms with E-state index < -0.39 is 0 Å². The first-order valence-electron chi connectivity index (χ1n) is 2.27. The summed E-state index contributed by atoms with van der Waals surface area (Å²) in [5.41, 5.74) is 0. The molecule has 0 aliphatic rings. The van der Waals surface area contributed by atoms with E-state index in [0.717, 1.165) is 0 Å². The van der Waals surface area contributed by atoms with E-state index in [2.05, 4.69) is 0 Å². The van der Waals surface area contributed by atoms with Gasteiger partial charge in [0.2, 0.25) is 0 Å². The molecular formula is C6H6O2Pb. The summed E-state index contributed by atoms with van der Waals surface area (Å²) in [5, 5.41) is 17.3. The fourth-order valence-corrected chi connectivity index (χ4v) is 0.464. The smallest absolute Gasteiger partial charge is 0.157 e. The van der Waals surface area contributed by atoms with Crippen molar-refractivity contribution in [3.05, 3.63) is 24.3 Å². The van der Waals surface area contributed by atoms with Crippen LogP contribution in [0.25, 0.3) is 0 Å². The maximum atomic E-state index is 8.67. The van der Waals surface area contributed by atoms with Crippen LogP contribution in [0.1, 0.15) is 0 Å². The molecule has 0 aliphatic carbocycles. The molecule has 0 spiro atoms. The standard InChI is InChI=1S/C6H6O2.Pb/c7-5-3-1-2-4-6(5)8;/h1-4,7-8H;. The van der Waals surface area contributed by atoms with Gasteiger partial charge in [0.05, 0.1) is 0 Å². The zero-order valence-electron chi connectivity index (χ0n) is 4.70. The second kappa shape index (κ2) is 3.71. The van der Waals surface area contributed by atoms with Gasteiger partial charge in [-0.15, -0.1) is 0 Å². The number of benzene rings is 1. The molecule has 2 nitrogen and oxygen atoms in total. The Morgan fingerprint density at radius 2 is 1.22 bits per heavy atom. The van der Waals surface area contributed by atoms with Gasteiger partial charge in [0.15, 0.2) is 11.5 Å². The van der Waals surface area contributed by atoms with Gasteiger partial charge in [0.1, 0.15) is 0 Å². The van der Waals surface area contributed by atoms with Crippen molar-refractivity contribution in [3.8, 4) is 11.5 Å². The Bertz CT molecular complexity index is 167. The van der Waals surface area contributed by atoms with Gasteiger partial charge in [-0.05, 0) is 12.1 Å². The molecule has 0 unspecified atom stereocenters. The van der Waals surface area contributed by atoms with E-state index in [-0.39, 0.29) is 38.8 Å². The van der Waals surface area contributed by atoms with Crippen LogP contribution in [-0.2, 0) is 0 Å². The number of para-hydroxylation sites is 2. The summed E-state index contributed by atoms with van der Waals surface area (Å²) in [6.45, 7) is 0. The van der Waals surface area contributed by atoms with Crippen molar-refractivity contribution in [2.45, 2.75) is 0 Å². The van der Waals surface area contributed by atoms with Crippen LogP contribution in [0.3, 0.4) is 0 Å². The van der Waals surface area contributed by atoms with Gasteiger partial charge in [-0.25, -0.2) is 0 Å². The number of hydrogen-bond donors (Lipinski definition) is 2. The monoisotopic (exact) mass is 318 g/mol. The van der Waals surface area contributed by atoms with Gasteiger partial charge in [-0.3, -0.25) is 0 Å². The molecule has 9 heavy (non-hydrogen) atoms. The summed E-state index contributed by atoms with van der Waals surface area (Å²) in [6.07, 6.45) is 0. The van der Waals surface area contributed by atoms with Gasteiger partial charge in [-0.1, -0.05) is 12.1 Å². The van der Waals surface area contributed by atoms with E-state index in [1.165, 1.54) is 12.1 Å². The molecule has 2 N–H and O–H groups in total. The molecule has 0 heterocycles. The fraction of sp³-hybridized carbons (Fsp3) is 0. The Balaban J connectivity index is 0.000000640. The van der Waals surface area contributed by atoms with E-state index in [1.54, 1.807) is 12.1 Å². The Kier molecular flexibility index (Phi) is 3.60. The minimum Gasteiger partial charge on any atom is -0.504 e. The molecule has 3 heteroatoms. The van der Waals surface area contributed by atoms with Gasteiger partial charge < -0.3 is 10.2 Å². The molecule has 46 valence electrons. The first-order chi connectivity index (χ1) is 3.80. The first-order valence-corrected chi connectivity index (χ1v) is 2.27. The average molecular weight is 317 g/mol. The molecule has 0 atom stereocenters. The summed E-state index contributed by atoms with van der Waals surface area (Å²) < 4.78 is 0. The fourth-order valence-electron chi connectivity index (χ4n) is 0.464. The predicted octanol–water partition coefficient (Wildman–Crippen LogP) is 0.717. The summed E-state index contributed by atoms with van der Waals surface area (Å²) >= 11 is 0. The SMILES string of the molecule is Oc1ccccc1O.[Pb]. The molecule has 0 saturated heterocycles. The van der Waals surface area contributed by atoms with Gasteiger partial charge >= 0.3 is 0 Å². The largest absolute Gasteiger partial charge is 0.504 e. The zero-order valence-corrected chi connectivity index (χ0v) is 8.59. The number of rotatable bonds is 0. The van der Waals surface area contributed by atoms with Crippen molar-refractivity contribution < 1.29 is 10.2 Å². The molecule has 1 aromatic rings. The average Bonchev–Trinajstić information content (AvgIpc) is 1.77. The van der Waals surface area contributed by atoms with E-state index in [0.29, 0.717) is 0 Å². The Labute approximate surface area is 73.3 Å². The third-order valence-electron chi connectivity index (χ3n) is 0.882. The molecular weight excluding hydrogens is 311 g/mol. The van der Waals surface area contributed by atoms with Crippen LogP contribution in [0.2, 0.25) is 0 Å². The summed E-state index contributed by atoms with van der Waals surface area (Å²) in [6, 6.07) is 6.15. The number of aromatic hydroxyl groups is 2. The minimum absolute atomic E-state index is 0. The quantitative estimate of drug-likeness (QED) is 0.547. The normalized spacial score (nSPS) is 8.00. The second-order valence-corrected chi connectivity index (χ2v) is 1.49. The van der Waals surface area contributed by atoms with Crippen LogP contribution in [0.15, 0.2) is 24.3 Å². The van der Waals surface area contributed by atoms with E-state index in [1.807, 2.05) is 0 Å². The maximum absolute atomic E-state index is 8.67. The van der Waals surface area contributed by atoms with Crippen LogP contribution < -0.4 is 0 Å². The van der Waals surface area contributed by atoms with E-state index in [9.17, 15) is 0 Å². The number of phenols is 2. The third kappa shape index (κ3) is 2.21. The zero-order chi connectivity index (χ0) is 5.98. The van der Waals surface area contributed by atoms with Crippen molar-refractivity contribution in [1.29, 1.82) is 0 Å². The Morgan fingerprint density at radius 1 is 0.889 bits per heavy atom. The molecule has 0 fully saturated rings. The molecule has 0 saturated carbocycles. The van der Waals surface area contributed by atoms with E-state index >= 15 is 0 Å². The molecule has 0 bridgehead atoms. The van der Waals surface area contributed by atoms with E-state index in [4.69, 9.17) is 10.2 Å². The molecule has 1 aromatic carbocycles. The minimum atomic E-state index is -0.0764.